The minimum absolute atomic E-state index is 0.111. The number of benzene rings is 1. The summed E-state index contributed by atoms with van der Waals surface area (Å²) in [6, 6.07) is 4.48. The zero-order valence-corrected chi connectivity index (χ0v) is 11.3. The average Bonchev–Trinajstić information content (AvgIpc) is 2.39. The first kappa shape index (κ1) is 13.8. The highest BCUT2D eigenvalue weighted by Gasteiger charge is 2.17. The Hall–Kier alpha value is -1.62. The van der Waals surface area contributed by atoms with E-state index in [1.807, 2.05) is 13.8 Å². The maximum atomic E-state index is 13.4. The van der Waals surface area contributed by atoms with Crippen LogP contribution in [0.4, 0.5) is 15.8 Å². The molecule has 4 nitrogen and oxygen atoms in total. The van der Waals surface area contributed by atoms with Crippen molar-refractivity contribution in [3.63, 3.8) is 0 Å². The van der Waals surface area contributed by atoms with Crippen molar-refractivity contribution < 1.29 is 13.9 Å². The number of morpholine rings is 1. The van der Waals surface area contributed by atoms with Crippen LogP contribution in [0.3, 0.4) is 0 Å². The predicted molar refractivity (Wildman–Crippen MR) is 72.9 cm³/mol. The fourth-order valence-electron chi connectivity index (χ4n) is 1.97. The highest BCUT2D eigenvalue weighted by molar-refractivity contribution is 5.95. The van der Waals surface area contributed by atoms with Crippen molar-refractivity contribution in [2.75, 3.05) is 36.5 Å². The molecule has 1 aliphatic rings. The molecule has 0 bridgehead atoms. The van der Waals surface area contributed by atoms with Gasteiger partial charge in [-0.05, 0) is 18.2 Å². The molecule has 1 aliphatic heterocycles. The van der Waals surface area contributed by atoms with Crippen molar-refractivity contribution in [3.8, 4) is 0 Å². The lowest BCUT2D eigenvalue weighted by atomic mass is 10.1. The molecule has 0 unspecified atom stereocenters. The molecule has 0 spiro atoms. The predicted octanol–water partition coefficient (Wildman–Crippen LogP) is 2.26. The van der Waals surface area contributed by atoms with Gasteiger partial charge in [0, 0.05) is 19.0 Å². The van der Waals surface area contributed by atoms with Crippen LogP contribution < -0.4 is 10.2 Å². The first-order valence-electron chi connectivity index (χ1n) is 6.51. The van der Waals surface area contributed by atoms with Crippen molar-refractivity contribution in [3.05, 3.63) is 24.0 Å². The van der Waals surface area contributed by atoms with Crippen LogP contribution in [0.1, 0.15) is 13.8 Å². The summed E-state index contributed by atoms with van der Waals surface area (Å²) in [5, 5.41) is 2.79. The molecule has 2 rings (SSSR count). The largest absolute Gasteiger partial charge is 0.378 e. The molecule has 1 aromatic carbocycles. The molecular formula is C14H19FN2O2. The van der Waals surface area contributed by atoms with Crippen LogP contribution in [0.15, 0.2) is 18.2 Å². The summed E-state index contributed by atoms with van der Waals surface area (Å²) >= 11 is 0. The summed E-state index contributed by atoms with van der Waals surface area (Å²) in [5.74, 6) is -0.600. The number of hydrogen-bond acceptors (Lipinski definition) is 3. The van der Waals surface area contributed by atoms with E-state index in [0.29, 0.717) is 18.9 Å². The molecule has 1 fully saturated rings. The number of halogens is 1. The SMILES string of the molecule is CC(C)C(=O)Nc1cc(F)ccc1N1CCOCC1. The second kappa shape index (κ2) is 6.02. The number of rotatable bonds is 3. The Labute approximate surface area is 112 Å². The van der Waals surface area contributed by atoms with Crippen molar-refractivity contribution in [1.82, 2.24) is 0 Å². The zero-order chi connectivity index (χ0) is 13.8. The Morgan fingerprint density at radius 3 is 2.68 bits per heavy atom. The molecule has 0 aliphatic carbocycles. The highest BCUT2D eigenvalue weighted by Crippen LogP contribution is 2.28. The average molecular weight is 266 g/mol. The molecule has 1 amide bonds. The number of hydrogen-bond donors (Lipinski definition) is 1. The Balaban J connectivity index is 2.24. The summed E-state index contributed by atoms with van der Waals surface area (Å²) in [4.78, 5) is 13.9. The quantitative estimate of drug-likeness (QED) is 0.912. The minimum atomic E-state index is -0.351. The fourth-order valence-corrected chi connectivity index (χ4v) is 1.97. The Kier molecular flexibility index (Phi) is 4.37. The van der Waals surface area contributed by atoms with Crippen LogP contribution in [0.2, 0.25) is 0 Å². The maximum Gasteiger partial charge on any atom is 0.226 e. The molecule has 19 heavy (non-hydrogen) atoms. The van der Waals surface area contributed by atoms with Crippen molar-refractivity contribution in [1.29, 1.82) is 0 Å². The molecular weight excluding hydrogens is 247 g/mol. The third-order valence-electron chi connectivity index (χ3n) is 3.09. The first-order valence-corrected chi connectivity index (χ1v) is 6.51. The Bertz CT molecular complexity index is 457. The van der Waals surface area contributed by atoms with Crippen LogP contribution in [-0.2, 0) is 9.53 Å². The molecule has 0 aromatic heterocycles. The van der Waals surface area contributed by atoms with E-state index in [-0.39, 0.29) is 17.6 Å². The topological polar surface area (TPSA) is 41.6 Å². The molecule has 104 valence electrons. The molecule has 5 heteroatoms. The molecule has 0 radical (unpaired) electrons. The van der Waals surface area contributed by atoms with Gasteiger partial charge < -0.3 is 15.0 Å². The molecule has 1 heterocycles. The van der Waals surface area contributed by atoms with E-state index >= 15 is 0 Å². The molecule has 0 saturated carbocycles. The first-order chi connectivity index (χ1) is 9.08. The number of ether oxygens (including phenoxy) is 1. The lowest BCUT2D eigenvalue weighted by Gasteiger charge is -2.30. The second-order valence-corrected chi connectivity index (χ2v) is 4.90. The normalized spacial score (nSPS) is 15.7. The van der Waals surface area contributed by atoms with Gasteiger partial charge in [0.15, 0.2) is 0 Å². The summed E-state index contributed by atoms with van der Waals surface area (Å²) in [6.45, 7) is 6.41. The molecule has 1 N–H and O–H groups in total. The monoisotopic (exact) mass is 266 g/mol. The summed E-state index contributed by atoms with van der Waals surface area (Å²) in [7, 11) is 0. The second-order valence-electron chi connectivity index (χ2n) is 4.90. The van der Waals surface area contributed by atoms with Gasteiger partial charge in [0.05, 0.1) is 24.6 Å². The third kappa shape index (κ3) is 3.44. The molecule has 1 aromatic rings. The number of anilines is 2. The van der Waals surface area contributed by atoms with Gasteiger partial charge in [0.2, 0.25) is 5.91 Å². The van der Waals surface area contributed by atoms with Gasteiger partial charge in [-0.2, -0.15) is 0 Å². The van der Waals surface area contributed by atoms with Gasteiger partial charge in [-0.25, -0.2) is 4.39 Å². The van der Waals surface area contributed by atoms with E-state index in [2.05, 4.69) is 10.2 Å². The van der Waals surface area contributed by atoms with Crippen LogP contribution >= 0.6 is 0 Å². The van der Waals surface area contributed by atoms with E-state index in [4.69, 9.17) is 4.74 Å². The summed E-state index contributed by atoms with van der Waals surface area (Å²) < 4.78 is 18.7. The third-order valence-corrected chi connectivity index (χ3v) is 3.09. The van der Waals surface area contributed by atoms with Gasteiger partial charge in [-0.15, -0.1) is 0 Å². The van der Waals surface area contributed by atoms with Gasteiger partial charge in [-0.3, -0.25) is 4.79 Å². The Morgan fingerprint density at radius 2 is 2.05 bits per heavy atom. The van der Waals surface area contributed by atoms with Crippen molar-refractivity contribution >= 4 is 17.3 Å². The minimum Gasteiger partial charge on any atom is -0.378 e. The van der Waals surface area contributed by atoms with E-state index < -0.39 is 0 Å². The number of nitrogens with zero attached hydrogens (tertiary/aromatic N) is 1. The standard InChI is InChI=1S/C14H19FN2O2/c1-10(2)14(18)16-12-9-11(15)3-4-13(12)17-5-7-19-8-6-17/h3-4,9-10H,5-8H2,1-2H3,(H,16,18). The molecule has 1 saturated heterocycles. The highest BCUT2D eigenvalue weighted by atomic mass is 19.1. The van der Waals surface area contributed by atoms with E-state index in [0.717, 1.165) is 18.8 Å². The van der Waals surface area contributed by atoms with Crippen molar-refractivity contribution in [2.45, 2.75) is 13.8 Å². The summed E-state index contributed by atoms with van der Waals surface area (Å²) in [6.07, 6.45) is 0. The van der Waals surface area contributed by atoms with Gasteiger partial charge in [0.25, 0.3) is 0 Å². The lowest BCUT2D eigenvalue weighted by molar-refractivity contribution is -0.118. The van der Waals surface area contributed by atoms with Crippen LogP contribution in [0.25, 0.3) is 0 Å². The Morgan fingerprint density at radius 1 is 1.37 bits per heavy atom. The van der Waals surface area contributed by atoms with Crippen LogP contribution in [0, 0.1) is 11.7 Å². The van der Waals surface area contributed by atoms with E-state index in [1.165, 1.54) is 12.1 Å². The van der Waals surface area contributed by atoms with Gasteiger partial charge in [-0.1, -0.05) is 13.8 Å². The fraction of sp³-hybridized carbons (Fsp3) is 0.500. The molecule has 0 atom stereocenters. The smallest absolute Gasteiger partial charge is 0.226 e. The summed E-state index contributed by atoms with van der Waals surface area (Å²) in [5.41, 5.74) is 1.37. The zero-order valence-electron chi connectivity index (χ0n) is 11.3. The maximum absolute atomic E-state index is 13.4. The van der Waals surface area contributed by atoms with Crippen LogP contribution in [-0.4, -0.2) is 32.2 Å². The van der Waals surface area contributed by atoms with Crippen molar-refractivity contribution in [2.24, 2.45) is 5.92 Å². The number of carbonyl (C=O) groups is 1. The number of carbonyl (C=O) groups excluding carboxylic acids is 1. The van der Waals surface area contributed by atoms with Gasteiger partial charge >= 0.3 is 0 Å². The van der Waals surface area contributed by atoms with Gasteiger partial charge in [0.1, 0.15) is 5.82 Å². The van der Waals surface area contributed by atoms with E-state index in [9.17, 15) is 9.18 Å². The lowest BCUT2D eigenvalue weighted by Crippen LogP contribution is -2.37. The number of amides is 1. The van der Waals surface area contributed by atoms with Crippen LogP contribution in [0.5, 0.6) is 0 Å². The van der Waals surface area contributed by atoms with E-state index in [1.54, 1.807) is 6.07 Å². The number of nitrogens with one attached hydrogen (secondary N) is 1.